The van der Waals surface area contributed by atoms with Crippen molar-refractivity contribution in [3.8, 4) is 0 Å². The summed E-state index contributed by atoms with van der Waals surface area (Å²) in [4.78, 5) is 22.6. The fraction of sp³-hybridized carbons (Fsp3) is 0.562. The lowest BCUT2D eigenvalue weighted by atomic mass is 9.98. The first-order valence-corrected chi connectivity index (χ1v) is 10.1. The van der Waals surface area contributed by atoms with E-state index < -0.39 is 14.9 Å². The van der Waals surface area contributed by atoms with Crippen LogP contribution in [0.15, 0.2) is 29.2 Å². The van der Waals surface area contributed by atoms with Gasteiger partial charge in [-0.25, -0.2) is 8.42 Å². The topological polar surface area (TPSA) is 122 Å². The zero-order valence-electron chi connectivity index (χ0n) is 14.7. The average molecular weight is 419 g/mol. The van der Waals surface area contributed by atoms with Crippen molar-refractivity contribution in [2.45, 2.75) is 30.2 Å². The summed E-state index contributed by atoms with van der Waals surface area (Å²) in [5, 5.41) is 16.9. The van der Waals surface area contributed by atoms with Crippen molar-refractivity contribution in [2.24, 2.45) is 5.92 Å². The number of rotatable bonds is 5. The zero-order chi connectivity index (χ0) is 18.7. The number of nitrogens with one attached hydrogen (secondary N) is 2. The number of piperidine rings is 1. The van der Waals surface area contributed by atoms with Crippen LogP contribution in [-0.2, 0) is 14.8 Å². The van der Waals surface area contributed by atoms with Crippen molar-refractivity contribution in [3.05, 3.63) is 34.4 Å². The van der Waals surface area contributed by atoms with E-state index in [-0.39, 0.29) is 47.4 Å². The number of nitrogens with zero attached hydrogens (tertiary/aromatic N) is 2. The van der Waals surface area contributed by atoms with Crippen LogP contribution in [0.1, 0.15) is 19.3 Å². The maximum Gasteiger partial charge on any atom is 0.269 e. The Bertz CT molecular complexity index is 781. The fourth-order valence-electron chi connectivity index (χ4n) is 3.36. The number of hydrogen-bond donors (Lipinski definition) is 2. The molecule has 0 aliphatic carbocycles. The molecule has 0 bridgehead atoms. The number of nitro benzene ring substituents is 1. The summed E-state index contributed by atoms with van der Waals surface area (Å²) in [6, 6.07) is 4.93. The molecule has 1 aromatic carbocycles. The van der Waals surface area contributed by atoms with Crippen molar-refractivity contribution >= 4 is 34.0 Å². The molecular formula is C16H23ClN4O5S. The van der Waals surface area contributed by atoms with Gasteiger partial charge in [-0.2, -0.15) is 4.31 Å². The second-order valence-electron chi connectivity index (χ2n) is 6.65. The largest absolute Gasteiger partial charge is 0.352 e. The second-order valence-corrected chi connectivity index (χ2v) is 8.59. The number of benzene rings is 1. The quantitative estimate of drug-likeness (QED) is 0.541. The molecule has 2 heterocycles. The highest BCUT2D eigenvalue weighted by Crippen LogP contribution is 2.25. The van der Waals surface area contributed by atoms with E-state index in [1.165, 1.54) is 28.6 Å². The first kappa shape index (κ1) is 21.5. The van der Waals surface area contributed by atoms with Gasteiger partial charge in [-0.1, -0.05) is 0 Å². The minimum Gasteiger partial charge on any atom is -0.352 e. The predicted octanol–water partition coefficient (Wildman–Crippen LogP) is 0.895. The Morgan fingerprint density at radius 1 is 1.26 bits per heavy atom. The molecule has 1 aromatic rings. The molecule has 0 saturated carbocycles. The normalized spacial score (nSPS) is 23.4. The highest BCUT2D eigenvalue weighted by Gasteiger charge is 2.34. The molecule has 2 atom stereocenters. The minimum atomic E-state index is -3.78. The second kappa shape index (κ2) is 8.96. The summed E-state index contributed by atoms with van der Waals surface area (Å²) in [6.07, 6.45) is 2.13. The number of amides is 1. The first-order valence-electron chi connectivity index (χ1n) is 8.63. The summed E-state index contributed by atoms with van der Waals surface area (Å²) < 4.78 is 26.9. The van der Waals surface area contributed by atoms with Gasteiger partial charge in [0.2, 0.25) is 15.9 Å². The van der Waals surface area contributed by atoms with Crippen LogP contribution in [0.25, 0.3) is 0 Å². The molecule has 2 aliphatic rings. The lowest BCUT2D eigenvalue weighted by Crippen LogP contribution is -2.47. The first-order chi connectivity index (χ1) is 12.4. The molecule has 150 valence electrons. The van der Waals surface area contributed by atoms with Crippen LogP contribution in [0.3, 0.4) is 0 Å². The van der Waals surface area contributed by atoms with Crippen LogP contribution in [0.5, 0.6) is 0 Å². The number of non-ortho nitro benzene ring substituents is 1. The highest BCUT2D eigenvalue weighted by molar-refractivity contribution is 7.89. The number of sulfonamides is 1. The Balaban J connectivity index is 0.00000261. The maximum absolute atomic E-state index is 12.8. The van der Waals surface area contributed by atoms with Crippen LogP contribution in [0.2, 0.25) is 0 Å². The molecule has 2 aliphatic heterocycles. The SMILES string of the molecule is Cl.O=C(NC1CCNC1)C1CCCN(S(=O)(=O)c2ccc([N+](=O)[O-])cc2)C1. The molecule has 0 aromatic heterocycles. The zero-order valence-corrected chi connectivity index (χ0v) is 16.3. The van der Waals surface area contributed by atoms with E-state index in [0.29, 0.717) is 19.4 Å². The van der Waals surface area contributed by atoms with Crippen molar-refractivity contribution in [1.29, 1.82) is 0 Å². The third-order valence-corrected chi connectivity index (χ3v) is 6.73. The van der Waals surface area contributed by atoms with Gasteiger partial charge in [0.05, 0.1) is 15.7 Å². The minimum absolute atomic E-state index is 0. The molecule has 2 unspecified atom stereocenters. The fourth-order valence-corrected chi connectivity index (χ4v) is 4.88. The smallest absolute Gasteiger partial charge is 0.269 e. The van der Waals surface area contributed by atoms with E-state index in [4.69, 9.17) is 0 Å². The van der Waals surface area contributed by atoms with E-state index in [9.17, 15) is 23.3 Å². The molecule has 9 nitrogen and oxygen atoms in total. The van der Waals surface area contributed by atoms with E-state index in [1.807, 2.05) is 0 Å². The molecule has 11 heteroatoms. The van der Waals surface area contributed by atoms with Gasteiger partial charge in [-0.15, -0.1) is 12.4 Å². The van der Waals surface area contributed by atoms with Crippen molar-refractivity contribution < 1.29 is 18.1 Å². The Labute approximate surface area is 164 Å². The molecule has 0 radical (unpaired) electrons. The summed E-state index contributed by atoms with van der Waals surface area (Å²) in [6.45, 7) is 2.08. The van der Waals surface area contributed by atoms with Crippen LogP contribution in [-0.4, -0.2) is 55.8 Å². The van der Waals surface area contributed by atoms with Crippen LogP contribution in [0.4, 0.5) is 5.69 Å². The Morgan fingerprint density at radius 3 is 2.56 bits per heavy atom. The summed E-state index contributed by atoms with van der Waals surface area (Å²) in [5.41, 5.74) is -0.162. The van der Waals surface area contributed by atoms with E-state index in [1.54, 1.807) is 0 Å². The molecule has 3 rings (SSSR count). The number of halogens is 1. The van der Waals surface area contributed by atoms with E-state index >= 15 is 0 Å². The van der Waals surface area contributed by atoms with Crippen molar-refractivity contribution in [3.63, 3.8) is 0 Å². The molecule has 2 N–H and O–H groups in total. The van der Waals surface area contributed by atoms with Crippen LogP contribution < -0.4 is 10.6 Å². The summed E-state index contributed by atoms with van der Waals surface area (Å²) in [5.74, 6) is -0.487. The number of carbonyl (C=O) groups is 1. The van der Waals surface area contributed by atoms with Gasteiger partial charge in [0, 0.05) is 37.8 Å². The standard InChI is InChI=1S/C16H22N4O5S.ClH/c21-16(18-13-7-8-17-10-13)12-2-1-9-19(11-12)26(24,25)15-5-3-14(4-6-15)20(22)23;/h3-6,12-13,17H,1-2,7-11H2,(H,18,21);1H. The molecule has 2 fully saturated rings. The van der Waals surface area contributed by atoms with Crippen LogP contribution >= 0.6 is 12.4 Å². The number of hydrogen-bond acceptors (Lipinski definition) is 6. The van der Waals surface area contributed by atoms with Gasteiger partial charge in [0.25, 0.3) is 5.69 Å². The summed E-state index contributed by atoms with van der Waals surface area (Å²) in [7, 11) is -3.78. The Hall–Kier alpha value is -1.75. The lowest BCUT2D eigenvalue weighted by molar-refractivity contribution is -0.384. The average Bonchev–Trinajstić information content (AvgIpc) is 3.15. The lowest BCUT2D eigenvalue weighted by Gasteiger charge is -2.31. The Kier molecular flexibility index (Phi) is 7.15. The number of nitro groups is 1. The van der Waals surface area contributed by atoms with Gasteiger partial charge in [-0.05, 0) is 37.9 Å². The van der Waals surface area contributed by atoms with Crippen molar-refractivity contribution in [2.75, 3.05) is 26.2 Å². The molecule has 2 saturated heterocycles. The van der Waals surface area contributed by atoms with Gasteiger partial charge < -0.3 is 10.6 Å². The predicted molar refractivity (Wildman–Crippen MR) is 101 cm³/mol. The van der Waals surface area contributed by atoms with E-state index in [2.05, 4.69) is 10.6 Å². The molecule has 1 amide bonds. The maximum atomic E-state index is 12.8. The molecule has 0 spiro atoms. The third kappa shape index (κ3) is 4.95. The molecule has 27 heavy (non-hydrogen) atoms. The third-order valence-electron chi connectivity index (χ3n) is 4.85. The molecular weight excluding hydrogens is 396 g/mol. The Morgan fingerprint density at radius 2 is 1.96 bits per heavy atom. The van der Waals surface area contributed by atoms with Gasteiger partial charge in [-0.3, -0.25) is 14.9 Å². The van der Waals surface area contributed by atoms with Gasteiger partial charge in [0.15, 0.2) is 0 Å². The monoisotopic (exact) mass is 418 g/mol. The van der Waals surface area contributed by atoms with Gasteiger partial charge in [0.1, 0.15) is 0 Å². The summed E-state index contributed by atoms with van der Waals surface area (Å²) >= 11 is 0. The van der Waals surface area contributed by atoms with Gasteiger partial charge >= 0.3 is 0 Å². The van der Waals surface area contributed by atoms with E-state index in [0.717, 1.165) is 19.5 Å². The van der Waals surface area contributed by atoms with Crippen molar-refractivity contribution in [1.82, 2.24) is 14.9 Å². The number of carbonyl (C=O) groups excluding carboxylic acids is 1. The van der Waals surface area contributed by atoms with Crippen LogP contribution in [0, 0.1) is 16.0 Å². The highest BCUT2D eigenvalue weighted by atomic mass is 35.5.